The van der Waals surface area contributed by atoms with Crippen molar-refractivity contribution in [3.05, 3.63) is 55.7 Å². The number of thiophene rings is 1. The van der Waals surface area contributed by atoms with Crippen LogP contribution in [0.2, 0.25) is 0 Å². The van der Waals surface area contributed by atoms with Gasteiger partial charge in [0.15, 0.2) is 0 Å². The molecule has 0 aliphatic carbocycles. The SMILES string of the molecule is CCNC(c1ccc(Br)s1)c1c(C)cccc1C. The number of nitrogens with one attached hydrogen (secondary N) is 1. The molecule has 1 aromatic carbocycles. The van der Waals surface area contributed by atoms with E-state index in [9.17, 15) is 0 Å². The summed E-state index contributed by atoms with van der Waals surface area (Å²) in [6.45, 7) is 7.50. The summed E-state index contributed by atoms with van der Waals surface area (Å²) in [6.07, 6.45) is 0. The van der Waals surface area contributed by atoms with Gasteiger partial charge in [-0.15, -0.1) is 11.3 Å². The molecule has 0 saturated heterocycles. The summed E-state index contributed by atoms with van der Waals surface area (Å²) in [6, 6.07) is 11.1. The predicted molar refractivity (Wildman–Crippen MR) is 83.5 cm³/mol. The van der Waals surface area contributed by atoms with Crippen LogP contribution in [-0.4, -0.2) is 6.54 Å². The van der Waals surface area contributed by atoms with E-state index >= 15 is 0 Å². The monoisotopic (exact) mass is 323 g/mol. The van der Waals surface area contributed by atoms with Crippen LogP contribution in [0.3, 0.4) is 0 Å². The highest BCUT2D eigenvalue weighted by atomic mass is 79.9. The normalized spacial score (nSPS) is 12.7. The lowest BCUT2D eigenvalue weighted by Gasteiger charge is -2.21. The smallest absolute Gasteiger partial charge is 0.0702 e. The Balaban J connectivity index is 2.47. The molecule has 1 nitrogen and oxygen atoms in total. The van der Waals surface area contributed by atoms with Crippen LogP contribution >= 0.6 is 27.3 Å². The van der Waals surface area contributed by atoms with Crippen molar-refractivity contribution < 1.29 is 0 Å². The van der Waals surface area contributed by atoms with E-state index < -0.39 is 0 Å². The maximum Gasteiger partial charge on any atom is 0.0702 e. The maximum atomic E-state index is 3.60. The number of rotatable bonds is 4. The Morgan fingerprint density at radius 3 is 2.33 bits per heavy atom. The van der Waals surface area contributed by atoms with Crippen molar-refractivity contribution in [3.8, 4) is 0 Å². The van der Waals surface area contributed by atoms with Gasteiger partial charge in [0.25, 0.3) is 0 Å². The molecule has 2 aromatic rings. The Bertz CT molecular complexity index is 513. The lowest BCUT2D eigenvalue weighted by molar-refractivity contribution is 0.633. The molecular formula is C15H18BrNS. The molecule has 0 aliphatic rings. The first kappa shape index (κ1) is 13.8. The minimum Gasteiger partial charge on any atom is -0.306 e. The average Bonchev–Trinajstić information content (AvgIpc) is 2.74. The van der Waals surface area contributed by atoms with E-state index in [2.05, 4.69) is 72.3 Å². The molecule has 1 N–H and O–H groups in total. The molecule has 0 fully saturated rings. The molecule has 1 atom stereocenters. The van der Waals surface area contributed by atoms with E-state index in [0.717, 1.165) is 6.54 Å². The fraction of sp³-hybridized carbons (Fsp3) is 0.333. The third kappa shape index (κ3) is 2.85. The van der Waals surface area contributed by atoms with Gasteiger partial charge >= 0.3 is 0 Å². The number of aryl methyl sites for hydroxylation is 2. The standard InChI is InChI=1S/C15H18BrNS/c1-4-17-15(12-8-9-13(16)18-12)14-10(2)6-5-7-11(14)3/h5-9,15,17H,4H2,1-3H3. The van der Waals surface area contributed by atoms with E-state index in [1.807, 2.05) is 0 Å². The predicted octanol–water partition coefficient (Wildman–Crippen LogP) is 4.83. The molecule has 1 aromatic heterocycles. The Morgan fingerprint density at radius 2 is 1.83 bits per heavy atom. The fourth-order valence-electron chi connectivity index (χ4n) is 2.32. The van der Waals surface area contributed by atoms with E-state index in [0.29, 0.717) is 6.04 Å². The van der Waals surface area contributed by atoms with Crippen LogP contribution in [0, 0.1) is 13.8 Å². The van der Waals surface area contributed by atoms with Gasteiger partial charge in [0.2, 0.25) is 0 Å². The Hall–Kier alpha value is -0.640. The van der Waals surface area contributed by atoms with Gasteiger partial charge in [0, 0.05) is 4.88 Å². The van der Waals surface area contributed by atoms with Crippen LogP contribution in [0.25, 0.3) is 0 Å². The largest absolute Gasteiger partial charge is 0.306 e. The van der Waals surface area contributed by atoms with E-state index in [4.69, 9.17) is 0 Å². The number of hydrogen-bond donors (Lipinski definition) is 1. The van der Waals surface area contributed by atoms with Gasteiger partial charge in [-0.1, -0.05) is 25.1 Å². The van der Waals surface area contributed by atoms with Crippen molar-refractivity contribution in [1.29, 1.82) is 0 Å². The summed E-state index contributed by atoms with van der Waals surface area (Å²) < 4.78 is 1.19. The van der Waals surface area contributed by atoms with Crippen LogP contribution < -0.4 is 5.32 Å². The summed E-state index contributed by atoms with van der Waals surface area (Å²) in [4.78, 5) is 1.36. The van der Waals surface area contributed by atoms with Crippen molar-refractivity contribution in [2.45, 2.75) is 26.8 Å². The quantitative estimate of drug-likeness (QED) is 0.850. The van der Waals surface area contributed by atoms with Gasteiger partial charge in [-0.3, -0.25) is 0 Å². The lowest BCUT2D eigenvalue weighted by atomic mass is 9.95. The van der Waals surface area contributed by atoms with Crippen molar-refractivity contribution in [2.24, 2.45) is 0 Å². The van der Waals surface area contributed by atoms with Crippen molar-refractivity contribution in [3.63, 3.8) is 0 Å². The van der Waals surface area contributed by atoms with Crippen LogP contribution in [0.4, 0.5) is 0 Å². The molecule has 0 spiro atoms. The lowest BCUT2D eigenvalue weighted by Crippen LogP contribution is -2.22. The van der Waals surface area contributed by atoms with Gasteiger partial charge in [0.1, 0.15) is 0 Å². The molecule has 3 heteroatoms. The topological polar surface area (TPSA) is 12.0 Å². The van der Waals surface area contributed by atoms with Gasteiger partial charge < -0.3 is 5.32 Å². The molecule has 96 valence electrons. The first-order chi connectivity index (χ1) is 8.63. The number of benzene rings is 1. The third-order valence-electron chi connectivity index (χ3n) is 3.12. The Morgan fingerprint density at radius 1 is 1.17 bits per heavy atom. The van der Waals surface area contributed by atoms with Crippen LogP contribution in [0.5, 0.6) is 0 Å². The Labute approximate surface area is 121 Å². The molecule has 18 heavy (non-hydrogen) atoms. The zero-order valence-corrected chi connectivity index (χ0v) is 13.4. The van der Waals surface area contributed by atoms with Crippen LogP contribution in [0.15, 0.2) is 34.1 Å². The minimum atomic E-state index is 0.299. The summed E-state index contributed by atoms with van der Waals surface area (Å²) >= 11 is 5.35. The minimum absolute atomic E-state index is 0.299. The fourth-order valence-corrected chi connectivity index (χ4v) is 3.82. The second kappa shape index (κ2) is 6.00. The summed E-state index contributed by atoms with van der Waals surface area (Å²) in [5.41, 5.74) is 4.12. The van der Waals surface area contributed by atoms with E-state index in [1.54, 1.807) is 11.3 Å². The molecule has 0 radical (unpaired) electrons. The second-order valence-electron chi connectivity index (χ2n) is 4.44. The molecule has 0 bridgehead atoms. The van der Waals surface area contributed by atoms with Gasteiger partial charge in [0.05, 0.1) is 9.83 Å². The summed E-state index contributed by atoms with van der Waals surface area (Å²) in [5, 5.41) is 3.60. The summed E-state index contributed by atoms with van der Waals surface area (Å²) in [5.74, 6) is 0. The highest BCUT2D eigenvalue weighted by molar-refractivity contribution is 9.11. The highest BCUT2D eigenvalue weighted by Gasteiger charge is 2.18. The van der Waals surface area contributed by atoms with E-state index in [1.165, 1.54) is 25.4 Å². The first-order valence-electron chi connectivity index (χ1n) is 6.18. The van der Waals surface area contributed by atoms with Crippen molar-refractivity contribution >= 4 is 27.3 Å². The molecule has 1 heterocycles. The zero-order chi connectivity index (χ0) is 13.1. The van der Waals surface area contributed by atoms with Crippen molar-refractivity contribution in [2.75, 3.05) is 6.54 Å². The molecule has 2 rings (SSSR count). The average molecular weight is 324 g/mol. The van der Waals surface area contributed by atoms with E-state index in [-0.39, 0.29) is 0 Å². The second-order valence-corrected chi connectivity index (χ2v) is 6.93. The van der Waals surface area contributed by atoms with Crippen LogP contribution in [-0.2, 0) is 0 Å². The molecule has 1 unspecified atom stereocenters. The molecule has 0 amide bonds. The zero-order valence-electron chi connectivity index (χ0n) is 11.0. The first-order valence-corrected chi connectivity index (χ1v) is 7.79. The molecule has 0 aliphatic heterocycles. The Kier molecular flexibility index (Phi) is 4.60. The third-order valence-corrected chi connectivity index (χ3v) is 4.81. The number of halogens is 1. The highest BCUT2D eigenvalue weighted by Crippen LogP contribution is 2.34. The molecular weight excluding hydrogens is 306 g/mol. The van der Waals surface area contributed by atoms with Gasteiger partial charge in [-0.05, 0) is 65.1 Å². The van der Waals surface area contributed by atoms with Gasteiger partial charge in [-0.2, -0.15) is 0 Å². The summed E-state index contributed by atoms with van der Waals surface area (Å²) in [7, 11) is 0. The number of hydrogen-bond acceptors (Lipinski definition) is 2. The van der Waals surface area contributed by atoms with Crippen molar-refractivity contribution in [1.82, 2.24) is 5.32 Å². The molecule has 0 saturated carbocycles. The van der Waals surface area contributed by atoms with Gasteiger partial charge in [-0.25, -0.2) is 0 Å². The van der Waals surface area contributed by atoms with Crippen LogP contribution in [0.1, 0.15) is 34.5 Å². The maximum absolute atomic E-state index is 3.60.